The fourth-order valence-electron chi connectivity index (χ4n) is 3.87. The van der Waals surface area contributed by atoms with Gasteiger partial charge in [-0.25, -0.2) is 0 Å². The van der Waals surface area contributed by atoms with Gasteiger partial charge in [0.05, 0.1) is 16.4 Å². The first kappa shape index (κ1) is 23.4. The van der Waals surface area contributed by atoms with Gasteiger partial charge in [0.15, 0.2) is 5.76 Å². The maximum atomic E-state index is 12.9. The Hall–Kier alpha value is -2.77. The second-order valence-corrected chi connectivity index (χ2v) is 9.55. The molecule has 0 radical (unpaired) electrons. The molecule has 0 bridgehead atoms. The van der Waals surface area contributed by atoms with Gasteiger partial charge in [-0.2, -0.15) is 0 Å². The quantitative estimate of drug-likeness (QED) is 0.445. The number of amides is 2. The highest BCUT2D eigenvalue weighted by molar-refractivity contribution is 9.10. The minimum atomic E-state index is -0.351. The second kappa shape index (κ2) is 10.0. The number of hydrogen-bond donors (Lipinski definition) is 1. The van der Waals surface area contributed by atoms with E-state index in [1.165, 1.54) is 0 Å². The van der Waals surface area contributed by atoms with Crippen LogP contribution in [0.5, 0.6) is 0 Å². The largest absolute Gasteiger partial charge is 0.451 e. The van der Waals surface area contributed by atoms with Gasteiger partial charge in [0.1, 0.15) is 5.76 Å². The van der Waals surface area contributed by atoms with Crippen LogP contribution in [0, 0.1) is 5.92 Å². The molecule has 172 valence electrons. The maximum Gasteiger partial charge on any atom is 0.291 e. The number of rotatable bonds is 5. The van der Waals surface area contributed by atoms with E-state index >= 15 is 0 Å². The summed E-state index contributed by atoms with van der Waals surface area (Å²) in [5, 5.41) is 3.49. The number of hydrogen-bond acceptors (Lipinski definition) is 4. The lowest BCUT2D eigenvalue weighted by Gasteiger charge is -2.38. The van der Waals surface area contributed by atoms with Crippen LogP contribution in [0.25, 0.3) is 11.3 Å². The van der Waals surface area contributed by atoms with Gasteiger partial charge in [0.2, 0.25) is 5.91 Å². The summed E-state index contributed by atoms with van der Waals surface area (Å²) < 4.78 is 6.77. The van der Waals surface area contributed by atoms with Crippen LogP contribution in [0.2, 0.25) is 5.02 Å². The molecule has 4 rings (SSSR count). The SMILES string of the molecule is CC(C)C(=O)N1CCN(c2c(Cl)cccc2NC(=O)c2ccc(-c3ccc(Br)cc3)o2)CC1. The smallest absolute Gasteiger partial charge is 0.291 e. The standard InChI is InChI=1S/C25H25BrClN3O3/c1-16(2)25(32)30-14-12-29(13-15-30)23-19(27)4-3-5-20(23)28-24(31)22-11-10-21(33-22)17-6-8-18(26)9-7-17/h3-11,16H,12-15H2,1-2H3,(H,28,31). The monoisotopic (exact) mass is 529 g/mol. The van der Waals surface area contributed by atoms with Crippen LogP contribution >= 0.6 is 27.5 Å². The van der Waals surface area contributed by atoms with Gasteiger partial charge in [-0.15, -0.1) is 0 Å². The molecule has 2 amide bonds. The predicted octanol–water partition coefficient (Wildman–Crippen LogP) is 5.92. The zero-order chi connectivity index (χ0) is 23.5. The Bertz CT molecular complexity index is 1150. The first-order valence-corrected chi connectivity index (χ1v) is 12.0. The van der Waals surface area contributed by atoms with Gasteiger partial charge < -0.3 is 19.5 Å². The van der Waals surface area contributed by atoms with Crippen molar-refractivity contribution in [1.29, 1.82) is 0 Å². The first-order valence-electron chi connectivity index (χ1n) is 10.8. The van der Waals surface area contributed by atoms with Crippen molar-refractivity contribution >= 4 is 50.7 Å². The molecule has 1 aliphatic heterocycles. The van der Waals surface area contributed by atoms with E-state index in [0.29, 0.717) is 42.6 Å². The van der Waals surface area contributed by atoms with E-state index in [1.807, 2.05) is 49.1 Å². The maximum absolute atomic E-state index is 12.9. The number of carbonyl (C=O) groups excluding carboxylic acids is 2. The van der Waals surface area contributed by atoms with Crippen molar-refractivity contribution in [1.82, 2.24) is 4.90 Å². The molecule has 1 fully saturated rings. The number of piperazine rings is 1. The summed E-state index contributed by atoms with van der Waals surface area (Å²) in [5.41, 5.74) is 2.25. The Labute approximate surface area is 206 Å². The van der Waals surface area contributed by atoms with Crippen molar-refractivity contribution in [2.24, 2.45) is 5.92 Å². The number of carbonyl (C=O) groups is 2. The molecule has 1 aromatic heterocycles. The van der Waals surface area contributed by atoms with Crippen LogP contribution in [0.1, 0.15) is 24.4 Å². The van der Waals surface area contributed by atoms with Crippen molar-refractivity contribution in [3.05, 3.63) is 69.9 Å². The van der Waals surface area contributed by atoms with Gasteiger partial charge >= 0.3 is 0 Å². The average molecular weight is 531 g/mol. The molecule has 0 spiro atoms. The van der Waals surface area contributed by atoms with Crippen molar-refractivity contribution < 1.29 is 14.0 Å². The van der Waals surface area contributed by atoms with E-state index < -0.39 is 0 Å². The molecule has 33 heavy (non-hydrogen) atoms. The molecule has 0 aliphatic carbocycles. The molecule has 2 aromatic carbocycles. The van der Waals surface area contributed by atoms with E-state index in [0.717, 1.165) is 15.7 Å². The van der Waals surface area contributed by atoms with E-state index in [2.05, 4.69) is 26.1 Å². The minimum absolute atomic E-state index is 0.0256. The summed E-state index contributed by atoms with van der Waals surface area (Å²) in [4.78, 5) is 29.2. The Morgan fingerprint density at radius 3 is 2.36 bits per heavy atom. The molecule has 0 atom stereocenters. The van der Waals surface area contributed by atoms with Crippen LogP contribution in [0.4, 0.5) is 11.4 Å². The molecular formula is C25H25BrClN3O3. The van der Waals surface area contributed by atoms with Crippen LogP contribution in [0.3, 0.4) is 0 Å². The fourth-order valence-corrected chi connectivity index (χ4v) is 4.42. The molecule has 1 aliphatic rings. The molecule has 6 nitrogen and oxygen atoms in total. The second-order valence-electron chi connectivity index (χ2n) is 8.23. The third-order valence-electron chi connectivity index (χ3n) is 5.59. The van der Waals surface area contributed by atoms with Gasteiger partial charge in [-0.1, -0.05) is 59.6 Å². The summed E-state index contributed by atoms with van der Waals surface area (Å²) in [6, 6.07) is 16.5. The van der Waals surface area contributed by atoms with Gasteiger partial charge in [0.25, 0.3) is 5.91 Å². The number of nitrogens with zero attached hydrogens (tertiary/aromatic N) is 2. The normalized spacial score (nSPS) is 14.0. The highest BCUT2D eigenvalue weighted by Gasteiger charge is 2.26. The fraction of sp³-hybridized carbons (Fsp3) is 0.280. The number of furan rings is 1. The lowest BCUT2D eigenvalue weighted by molar-refractivity contribution is -0.134. The Balaban J connectivity index is 1.49. The van der Waals surface area contributed by atoms with Gasteiger partial charge in [-0.3, -0.25) is 9.59 Å². The van der Waals surface area contributed by atoms with Gasteiger partial charge in [0, 0.05) is 42.1 Å². The minimum Gasteiger partial charge on any atom is -0.451 e. The van der Waals surface area contributed by atoms with E-state index in [-0.39, 0.29) is 23.5 Å². The number of nitrogens with one attached hydrogen (secondary N) is 1. The summed E-state index contributed by atoms with van der Waals surface area (Å²) in [5.74, 6) is 0.607. The molecule has 1 saturated heterocycles. The summed E-state index contributed by atoms with van der Waals surface area (Å²) in [7, 11) is 0. The summed E-state index contributed by atoms with van der Waals surface area (Å²) in [6.07, 6.45) is 0. The molecule has 0 unspecified atom stereocenters. The zero-order valence-corrected chi connectivity index (χ0v) is 20.8. The molecular weight excluding hydrogens is 506 g/mol. The number of halogens is 2. The Kier molecular flexibility index (Phi) is 7.10. The average Bonchev–Trinajstić information content (AvgIpc) is 3.30. The predicted molar refractivity (Wildman–Crippen MR) is 135 cm³/mol. The van der Waals surface area contributed by atoms with Crippen molar-refractivity contribution in [3.8, 4) is 11.3 Å². The van der Waals surface area contributed by atoms with E-state index in [9.17, 15) is 9.59 Å². The first-order chi connectivity index (χ1) is 15.8. The van der Waals surface area contributed by atoms with Crippen molar-refractivity contribution in [2.45, 2.75) is 13.8 Å². The lowest BCUT2D eigenvalue weighted by Crippen LogP contribution is -2.50. The summed E-state index contributed by atoms with van der Waals surface area (Å²) >= 11 is 9.95. The number of benzene rings is 2. The molecule has 1 N–H and O–H groups in total. The van der Waals surface area contributed by atoms with Crippen molar-refractivity contribution in [2.75, 3.05) is 36.4 Å². The highest BCUT2D eigenvalue weighted by Crippen LogP contribution is 2.35. The van der Waals surface area contributed by atoms with Crippen LogP contribution in [-0.4, -0.2) is 42.9 Å². The van der Waals surface area contributed by atoms with E-state index in [1.54, 1.807) is 24.3 Å². The van der Waals surface area contributed by atoms with E-state index in [4.69, 9.17) is 16.0 Å². The Morgan fingerprint density at radius 1 is 1.00 bits per heavy atom. The van der Waals surface area contributed by atoms with Gasteiger partial charge in [-0.05, 0) is 36.4 Å². The topological polar surface area (TPSA) is 65.8 Å². The Morgan fingerprint density at radius 2 is 1.70 bits per heavy atom. The lowest BCUT2D eigenvalue weighted by atomic mass is 10.1. The molecule has 8 heteroatoms. The van der Waals surface area contributed by atoms with Crippen LogP contribution in [0.15, 0.2) is 63.5 Å². The van der Waals surface area contributed by atoms with Crippen LogP contribution in [-0.2, 0) is 4.79 Å². The zero-order valence-electron chi connectivity index (χ0n) is 18.5. The molecule has 2 heterocycles. The van der Waals surface area contributed by atoms with Crippen LogP contribution < -0.4 is 10.2 Å². The van der Waals surface area contributed by atoms with Crippen molar-refractivity contribution in [3.63, 3.8) is 0 Å². The third-order valence-corrected chi connectivity index (χ3v) is 6.43. The molecule has 0 saturated carbocycles. The number of anilines is 2. The number of para-hydroxylation sites is 1. The third kappa shape index (κ3) is 5.25. The molecule has 3 aromatic rings. The summed E-state index contributed by atoms with van der Waals surface area (Å²) in [6.45, 7) is 6.33. The highest BCUT2D eigenvalue weighted by atomic mass is 79.9.